The van der Waals surface area contributed by atoms with E-state index >= 15 is 0 Å². The van der Waals surface area contributed by atoms with E-state index in [0.717, 1.165) is 11.4 Å². The summed E-state index contributed by atoms with van der Waals surface area (Å²) < 4.78 is 13.1. The Bertz CT molecular complexity index is 456. The number of rotatable bonds is 4. The highest BCUT2D eigenvalue weighted by molar-refractivity contribution is 6.30. The van der Waals surface area contributed by atoms with Gasteiger partial charge in [-0.2, -0.15) is 0 Å². The minimum absolute atomic E-state index is 0.148. The Balaban J connectivity index is 1.87. The van der Waals surface area contributed by atoms with E-state index in [4.69, 9.17) is 11.6 Å². The van der Waals surface area contributed by atoms with Crippen molar-refractivity contribution < 1.29 is 4.39 Å². The summed E-state index contributed by atoms with van der Waals surface area (Å²) in [6, 6.07) is 4.78. The minimum Gasteiger partial charge on any atom is -0.348 e. The van der Waals surface area contributed by atoms with E-state index in [1.165, 1.54) is 6.07 Å². The standard InChI is InChI=1S/C11H11ClFN3/c12-9-2-1-8(5-10(9)13)6-14-7-11-15-3-4-16-11/h1-5,14H,6-7H2,(H,15,16). The average molecular weight is 240 g/mol. The Kier molecular flexibility index (Phi) is 3.54. The molecule has 2 N–H and O–H groups in total. The molecule has 5 heteroatoms. The van der Waals surface area contributed by atoms with Gasteiger partial charge >= 0.3 is 0 Å². The predicted molar refractivity (Wildman–Crippen MR) is 60.5 cm³/mol. The quantitative estimate of drug-likeness (QED) is 0.861. The van der Waals surface area contributed by atoms with Crippen LogP contribution in [0.5, 0.6) is 0 Å². The van der Waals surface area contributed by atoms with Gasteiger partial charge in [0, 0.05) is 18.9 Å². The van der Waals surface area contributed by atoms with E-state index in [-0.39, 0.29) is 10.8 Å². The van der Waals surface area contributed by atoms with Crippen molar-refractivity contribution in [2.24, 2.45) is 0 Å². The molecule has 84 valence electrons. The third-order valence-corrected chi connectivity index (χ3v) is 2.47. The monoisotopic (exact) mass is 239 g/mol. The van der Waals surface area contributed by atoms with Crippen molar-refractivity contribution in [3.63, 3.8) is 0 Å². The SMILES string of the molecule is Fc1cc(CNCc2ncc[nH]2)ccc1Cl. The van der Waals surface area contributed by atoms with Crippen LogP contribution in [0.25, 0.3) is 0 Å². The van der Waals surface area contributed by atoms with Crippen LogP contribution in [0.15, 0.2) is 30.6 Å². The molecule has 0 aliphatic heterocycles. The molecule has 1 heterocycles. The highest BCUT2D eigenvalue weighted by Crippen LogP contribution is 2.15. The maximum absolute atomic E-state index is 13.1. The van der Waals surface area contributed by atoms with Crippen molar-refractivity contribution in [3.8, 4) is 0 Å². The zero-order valence-corrected chi connectivity index (χ0v) is 9.26. The van der Waals surface area contributed by atoms with E-state index in [2.05, 4.69) is 15.3 Å². The van der Waals surface area contributed by atoms with Gasteiger partial charge < -0.3 is 10.3 Å². The van der Waals surface area contributed by atoms with E-state index in [0.29, 0.717) is 13.1 Å². The van der Waals surface area contributed by atoms with Crippen LogP contribution in [-0.4, -0.2) is 9.97 Å². The normalized spacial score (nSPS) is 10.6. The van der Waals surface area contributed by atoms with E-state index in [9.17, 15) is 4.39 Å². The topological polar surface area (TPSA) is 40.7 Å². The number of imidazole rings is 1. The van der Waals surface area contributed by atoms with Crippen molar-refractivity contribution >= 4 is 11.6 Å². The summed E-state index contributed by atoms with van der Waals surface area (Å²) in [6.45, 7) is 1.20. The van der Waals surface area contributed by atoms with E-state index in [1.807, 2.05) is 0 Å². The van der Waals surface area contributed by atoms with Crippen molar-refractivity contribution in [1.29, 1.82) is 0 Å². The summed E-state index contributed by atoms with van der Waals surface area (Å²) in [7, 11) is 0. The highest BCUT2D eigenvalue weighted by Gasteiger charge is 2.01. The number of H-pyrrole nitrogens is 1. The van der Waals surface area contributed by atoms with E-state index in [1.54, 1.807) is 24.5 Å². The van der Waals surface area contributed by atoms with Gasteiger partial charge in [0.1, 0.15) is 11.6 Å². The maximum atomic E-state index is 13.1. The molecule has 0 bridgehead atoms. The third kappa shape index (κ3) is 2.81. The van der Waals surface area contributed by atoms with Crippen molar-refractivity contribution in [1.82, 2.24) is 15.3 Å². The lowest BCUT2D eigenvalue weighted by Gasteiger charge is -2.03. The molecule has 16 heavy (non-hydrogen) atoms. The summed E-state index contributed by atoms with van der Waals surface area (Å²) in [5.74, 6) is 0.466. The fourth-order valence-corrected chi connectivity index (χ4v) is 1.49. The van der Waals surface area contributed by atoms with E-state index < -0.39 is 0 Å². The summed E-state index contributed by atoms with van der Waals surface area (Å²) in [5, 5.41) is 3.30. The zero-order chi connectivity index (χ0) is 11.4. The highest BCUT2D eigenvalue weighted by atomic mass is 35.5. The van der Waals surface area contributed by atoms with Gasteiger partial charge in [0.15, 0.2) is 0 Å². The third-order valence-electron chi connectivity index (χ3n) is 2.16. The number of benzene rings is 1. The average Bonchev–Trinajstić information content (AvgIpc) is 2.76. The Hall–Kier alpha value is -1.39. The molecule has 0 saturated carbocycles. The number of hydrogen-bond donors (Lipinski definition) is 2. The number of aromatic nitrogens is 2. The molecule has 0 aliphatic rings. The molecule has 0 saturated heterocycles. The molecule has 3 nitrogen and oxygen atoms in total. The second-order valence-electron chi connectivity index (χ2n) is 3.39. The molecule has 0 radical (unpaired) electrons. The number of halogens is 2. The molecule has 2 aromatic rings. The van der Waals surface area contributed by atoms with Crippen LogP contribution in [0.3, 0.4) is 0 Å². The van der Waals surface area contributed by atoms with Crippen molar-refractivity contribution in [3.05, 3.63) is 52.8 Å². The van der Waals surface area contributed by atoms with Gasteiger partial charge in [-0.05, 0) is 17.7 Å². The van der Waals surface area contributed by atoms with Crippen molar-refractivity contribution in [2.75, 3.05) is 0 Å². The number of nitrogens with zero attached hydrogens (tertiary/aromatic N) is 1. The lowest BCUT2D eigenvalue weighted by Crippen LogP contribution is -2.13. The summed E-state index contributed by atoms with van der Waals surface area (Å²) in [5.41, 5.74) is 0.855. The van der Waals surface area contributed by atoms with Crippen LogP contribution in [0.2, 0.25) is 5.02 Å². The Morgan fingerprint density at radius 3 is 2.94 bits per heavy atom. The first kappa shape index (κ1) is 11.1. The molecule has 0 atom stereocenters. The van der Waals surface area contributed by atoms with Gasteiger partial charge in [0.2, 0.25) is 0 Å². The van der Waals surface area contributed by atoms with Gasteiger partial charge in [-0.25, -0.2) is 9.37 Å². The first-order valence-corrected chi connectivity index (χ1v) is 5.26. The molecule has 0 unspecified atom stereocenters. The second kappa shape index (κ2) is 5.09. The van der Waals surface area contributed by atoms with Crippen LogP contribution in [-0.2, 0) is 13.1 Å². The number of nitrogens with one attached hydrogen (secondary N) is 2. The molecule has 0 aliphatic carbocycles. The summed E-state index contributed by atoms with van der Waals surface area (Å²) in [4.78, 5) is 7.04. The van der Waals surface area contributed by atoms with Gasteiger partial charge in [-0.3, -0.25) is 0 Å². The smallest absolute Gasteiger partial charge is 0.142 e. The minimum atomic E-state index is -0.390. The lowest BCUT2D eigenvalue weighted by atomic mass is 10.2. The van der Waals surface area contributed by atoms with Crippen LogP contribution >= 0.6 is 11.6 Å². The fourth-order valence-electron chi connectivity index (χ4n) is 1.37. The Labute approximate surface area is 97.7 Å². The molecule has 0 spiro atoms. The van der Waals surface area contributed by atoms with Crippen LogP contribution in [0, 0.1) is 5.82 Å². The molecular weight excluding hydrogens is 229 g/mol. The largest absolute Gasteiger partial charge is 0.348 e. The van der Waals surface area contributed by atoms with Gasteiger partial charge in [0.25, 0.3) is 0 Å². The number of hydrogen-bond acceptors (Lipinski definition) is 2. The van der Waals surface area contributed by atoms with Crippen molar-refractivity contribution in [2.45, 2.75) is 13.1 Å². The molecule has 1 aromatic carbocycles. The summed E-state index contributed by atoms with van der Waals surface area (Å²) >= 11 is 5.59. The van der Waals surface area contributed by atoms with Crippen LogP contribution < -0.4 is 5.32 Å². The Morgan fingerprint density at radius 2 is 2.25 bits per heavy atom. The summed E-state index contributed by atoms with van der Waals surface area (Å²) in [6.07, 6.45) is 3.46. The first-order valence-electron chi connectivity index (χ1n) is 4.88. The predicted octanol–water partition coefficient (Wildman–Crippen LogP) is 2.49. The lowest BCUT2D eigenvalue weighted by molar-refractivity contribution is 0.618. The van der Waals surface area contributed by atoms with Gasteiger partial charge in [-0.15, -0.1) is 0 Å². The molecule has 1 aromatic heterocycles. The molecule has 0 fully saturated rings. The second-order valence-corrected chi connectivity index (χ2v) is 3.80. The maximum Gasteiger partial charge on any atom is 0.142 e. The molecule has 2 rings (SSSR count). The van der Waals surface area contributed by atoms with Gasteiger partial charge in [-0.1, -0.05) is 17.7 Å². The first-order chi connectivity index (χ1) is 7.75. The zero-order valence-electron chi connectivity index (χ0n) is 8.50. The molecule has 0 amide bonds. The van der Waals surface area contributed by atoms with Crippen LogP contribution in [0.4, 0.5) is 4.39 Å². The fraction of sp³-hybridized carbons (Fsp3) is 0.182. The number of aromatic amines is 1. The van der Waals surface area contributed by atoms with Crippen LogP contribution in [0.1, 0.15) is 11.4 Å². The molecular formula is C11H11ClFN3. The van der Waals surface area contributed by atoms with Gasteiger partial charge in [0.05, 0.1) is 11.6 Å². The Morgan fingerprint density at radius 1 is 1.38 bits per heavy atom.